The molecular formula is C18H15ClFN3O2. The zero-order valence-electron chi connectivity index (χ0n) is 13.6. The molecule has 0 unspecified atom stereocenters. The van der Waals surface area contributed by atoms with E-state index >= 15 is 0 Å². The van der Waals surface area contributed by atoms with Gasteiger partial charge in [-0.2, -0.15) is 5.10 Å². The van der Waals surface area contributed by atoms with Crippen molar-refractivity contribution in [3.05, 3.63) is 70.8 Å². The summed E-state index contributed by atoms with van der Waals surface area (Å²) < 4.78 is 20.6. The molecule has 0 fully saturated rings. The number of benzene rings is 2. The number of hydrogen-bond acceptors (Lipinski definition) is 3. The lowest BCUT2D eigenvalue weighted by Gasteiger charge is -2.11. The third kappa shape index (κ3) is 3.21. The maximum Gasteiger partial charge on any atom is 0.261 e. The number of hydrogen-bond donors (Lipinski definition) is 1. The number of halogens is 2. The van der Waals surface area contributed by atoms with E-state index in [-0.39, 0.29) is 10.6 Å². The Kier molecular flexibility index (Phi) is 4.72. The third-order valence-electron chi connectivity index (χ3n) is 3.76. The molecule has 7 heteroatoms. The zero-order valence-corrected chi connectivity index (χ0v) is 14.3. The smallest absolute Gasteiger partial charge is 0.261 e. The predicted molar refractivity (Wildman–Crippen MR) is 94.2 cm³/mol. The highest BCUT2D eigenvalue weighted by Gasteiger charge is 2.19. The summed E-state index contributed by atoms with van der Waals surface area (Å²) in [4.78, 5) is 12.6. The van der Waals surface area contributed by atoms with E-state index in [2.05, 4.69) is 10.4 Å². The number of ether oxygens (including phenoxy) is 1. The van der Waals surface area contributed by atoms with Crippen LogP contribution in [0.4, 0.5) is 10.1 Å². The van der Waals surface area contributed by atoms with Gasteiger partial charge >= 0.3 is 0 Å². The molecular weight excluding hydrogens is 345 g/mol. The first-order chi connectivity index (χ1) is 12.0. The van der Waals surface area contributed by atoms with Gasteiger partial charge in [-0.25, -0.2) is 9.07 Å². The molecule has 5 nitrogen and oxygen atoms in total. The van der Waals surface area contributed by atoms with Crippen molar-refractivity contribution in [2.24, 2.45) is 0 Å². The summed E-state index contributed by atoms with van der Waals surface area (Å²) >= 11 is 6.12. The quantitative estimate of drug-likeness (QED) is 0.758. The van der Waals surface area contributed by atoms with Gasteiger partial charge in [-0.3, -0.25) is 4.79 Å². The second-order valence-corrected chi connectivity index (χ2v) is 5.69. The topological polar surface area (TPSA) is 56.1 Å². The normalized spacial score (nSPS) is 10.6. The first-order valence-corrected chi connectivity index (χ1v) is 7.84. The van der Waals surface area contributed by atoms with E-state index in [1.165, 1.54) is 24.1 Å². The third-order valence-corrected chi connectivity index (χ3v) is 4.08. The number of nitrogens with one attached hydrogen (secondary N) is 1. The summed E-state index contributed by atoms with van der Waals surface area (Å²) in [6, 6.07) is 11.2. The molecule has 1 amide bonds. The molecule has 1 heterocycles. The molecule has 0 saturated carbocycles. The van der Waals surface area contributed by atoms with Gasteiger partial charge in [-0.05, 0) is 31.2 Å². The van der Waals surface area contributed by atoms with Crippen molar-refractivity contribution >= 4 is 23.2 Å². The minimum Gasteiger partial charge on any atom is -0.496 e. The monoisotopic (exact) mass is 359 g/mol. The maximum absolute atomic E-state index is 14.0. The number of para-hydroxylation sites is 1. The van der Waals surface area contributed by atoms with Crippen molar-refractivity contribution in [2.75, 3.05) is 12.4 Å². The molecule has 0 bridgehead atoms. The molecule has 0 aliphatic carbocycles. The van der Waals surface area contributed by atoms with Crippen LogP contribution in [-0.2, 0) is 0 Å². The van der Waals surface area contributed by atoms with Crippen molar-refractivity contribution in [3.63, 3.8) is 0 Å². The van der Waals surface area contributed by atoms with E-state index in [1.54, 1.807) is 43.3 Å². The fourth-order valence-corrected chi connectivity index (χ4v) is 2.73. The number of anilines is 1. The number of nitrogens with zero attached hydrogens (tertiary/aromatic N) is 2. The first-order valence-electron chi connectivity index (χ1n) is 7.46. The van der Waals surface area contributed by atoms with E-state index in [0.717, 1.165) is 0 Å². The summed E-state index contributed by atoms with van der Waals surface area (Å²) in [6.45, 7) is 1.74. The summed E-state index contributed by atoms with van der Waals surface area (Å²) in [5.41, 5.74) is 1.57. The van der Waals surface area contributed by atoms with Crippen LogP contribution in [0.25, 0.3) is 5.69 Å². The van der Waals surface area contributed by atoms with Gasteiger partial charge in [0.2, 0.25) is 0 Å². The number of aromatic nitrogens is 2. The maximum atomic E-state index is 14.0. The van der Waals surface area contributed by atoms with Gasteiger partial charge in [0.25, 0.3) is 5.91 Å². The highest BCUT2D eigenvalue weighted by molar-refractivity contribution is 6.35. The van der Waals surface area contributed by atoms with Crippen LogP contribution in [0, 0.1) is 12.7 Å². The number of amides is 1. The van der Waals surface area contributed by atoms with E-state index < -0.39 is 11.7 Å². The molecule has 1 aromatic heterocycles. The summed E-state index contributed by atoms with van der Waals surface area (Å²) in [7, 11) is 1.46. The Hall–Kier alpha value is -2.86. The standard InChI is InChI=1S/C18H15ClFN3O2/c1-11-14(10-21-23(11)15-8-4-3-7-13(15)20)22-18(24)17-12(19)6-5-9-16(17)25-2/h3-10H,1-2H3,(H,22,24). The van der Waals surface area contributed by atoms with E-state index in [4.69, 9.17) is 16.3 Å². The number of methoxy groups -OCH3 is 1. The highest BCUT2D eigenvalue weighted by Crippen LogP contribution is 2.28. The van der Waals surface area contributed by atoms with E-state index in [0.29, 0.717) is 22.8 Å². The molecule has 0 atom stereocenters. The van der Waals surface area contributed by atoms with Crippen LogP contribution in [0.5, 0.6) is 5.75 Å². The lowest BCUT2D eigenvalue weighted by molar-refractivity contribution is 0.102. The van der Waals surface area contributed by atoms with Crippen molar-refractivity contribution in [1.29, 1.82) is 0 Å². The SMILES string of the molecule is COc1cccc(Cl)c1C(=O)Nc1cnn(-c2ccccc2F)c1C. The molecule has 1 N–H and O–H groups in total. The average molecular weight is 360 g/mol. The van der Waals surface area contributed by atoms with Crippen molar-refractivity contribution in [3.8, 4) is 11.4 Å². The Bertz CT molecular complexity index is 940. The molecule has 3 rings (SSSR count). The van der Waals surface area contributed by atoms with Gasteiger partial charge in [-0.15, -0.1) is 0 Å². The van der Waals surface area contributed by atoms with Crippen molar-refractivity contribution in [2.45, 2.75) is 6.92 Å². The van der Waals surface area contributed by atoms with Crippen molar-refractivity contribution in [1.82, 2.24) is 9.78 Å². The Morgan fingerprint density at radius 3 is 2.72 bits per heavy atom. The molecule has 0 spiro atoms. The highest BCUT2D eigenvalue weighted by atomic mass is 35.5. The molecule has 0 aliphatic rings. The van der Waals surface area contributed by atoms with Crippen LogP contribution in [0.15, 0.2) is 48.7 Å². The summed E-state index contributed by atoms with van der Waals surface area (Å²) in [5.74, 6) is -0.470. The van der Waals surface area contributed by atoms with Gasteiger partial charge in [-0.1, -0.05) is 29.8 Å². The van der Waals surface area contributed by atoms with Crippen LogP contribution in [0.3, 0.4) is 0 Å². The van der Waals surface area contributed by atoms with Crippen LogP contribution in [0.1, 0.15) is 16.1 Å². The molecule has 0 radical (unpaired) electrons. The minimum atomic E-state index is -0.432. The minimum absolute atomic E-state index is 0.227. The van der Waals surface area contributed by atoms with E-state index in [9.17, 15) is 9.18 Å². The van der Waals surface area contributed by atoms with Gasteiger partial charge in [0.05, 0.1) is 29.7 Å². The Morgan fingerprint density at radius 1 is 1.24 bits per heavy atom. The number of rotatable bonds is 4. The Morgan fingerprint density at radius 2 is 2.00 bits per heavy atom. The van der Waals surface area contributed by atoms with Crippen LogP contribution < -0.4 is 10.1 Å². The van der Waals surface area contributed by atoms with Gasteiger partial charge in [0.15, 0.2) is 0 Å². The largest absolute Gasteiger partial charge is 0.496 e. The van der Waals surface area contributed by atoms with Gasteiger partial charge in [0.1, 0.15) is 22.8 Å². The predicted octanol–water partition coefficient (Wildman–Crippen LogP) is 4.23. The second kappa shape index (κ2) is 6.94. The zero-order chi connectivity index (χ0) is 18.0. The fourth-order valence-electron chi connectivity index (χ4n) is 2.48. The van der Waals surface area contributed by atoms with Crippen LogP contribution in [-0.4, -0.2) is 22.8 Å². The lowest BCUT2D eigenvalue weighted by Crippen LogP contribution is -2.14. The molecule has 0 saturated heterocycles. The molecule has 0 aliphatic heterocycles. The van der Waals surface area contributed by atoms with Gasteiger partial charge < -0.3 is 10.1 Å². The number of carbonyl (C=O) groups excluding carboxylic acids is 1. The van der Waals surface area contributed by atoms with Crippen LogP contribution in [0.2, 0.25) is 5.02 Å². The molecule has 128 valence electrons. The van der Waals surface area contributed by atoms with E-state index in [1.807, 2.05) is 0 Å². The van der Waals surface area contributed by atoms with Gasteiger partial charge in [0, 0.05) is 0 Å². The second-order valence-electron chi connectivity index (χ2n) is 5.28. The molecule has 2 aromatic carbocycles. The first kappa shape index (κ1) is 17.0. The molecule has 25 heavy (non-hydrogen) atoms. The summed E-state index contributed by atoms with van der Waals surface area (Å²) in [5, 5.41) is 7.17. The number of carbonyl (C=O) groups is 1. The lowest BCUT2D eigenvalue weighted by atomic mass is 10.2. The summed E-state index contributed by atoms with van der Waals surface area (Å²) in [6.07, 6.45) is 1.46. The Balaban J connectivity index is 1.93. The Labute approximate surface area is 149 Å². The fraction of sp³-hybridized carbons (Fsp3) is 0.111. The molecule has 3 aromatic rings. The van der Waals surface area contributed by atoms with Crippen molar-refractivity contribution < 1.29 is 13.9 Å². The average Bonchev–Trinajstić information content (AvgIpc) is 2.95. The van der Waals surface area contributed by atoms with Crippen LogP contribution >= 0.6 is 11.6 Å².